The van der Waals surface area contributed by atoms with Crippen LogP contribution in [0.25, 0.3) is 11.3 Å². The summed E-state index contributed by atoms with van der Waals surface area (Å²) in [6.45, 7) is 10.2. The van der Waals surface area contributed by atoms with Gasteiger partial charge in [0.15, 0.2) is 6.10 Å². The Kier molecular flexibility index (Phi) is 10.9. The number of hydrogen-bond acceptors (Lipinski definition) is 6. The number of hydrogen-bond donors (Lipinski definition) is 1. The molecule has 1 fully saturated rings. The first-order valence-electron chi connectivity index (χ1n) is 16.0. The van der Waals surface area contributed by atoms with E-state index >= 15 is 8.78 Å². The molecule has 1 aliphatic rings. The van der Waals surface area contributed by atoms with E-state index in [1.54, 1.807) is 39.2 Å². The van der Waals surface area contributed by atoms with Gasteiger partial charge in [0.25, 0.3) is 5.91 Å². The van der Waals surface area contributed by atoms with Crippen LogP contribution in [0.2, 0.25) is 0 Å². The monoisotopic (exact) mass is 684 g/mol. The third kappa shape index (κ3) is 8.14. The normalized spacial score (nSPS) is 19.3. The van der Waals surface area contributed by atoms with Gasteiger partial charge in [-0.15, -0.1) is 0 Å². The van der Waals surface area contributed by atoms with Gasteiger partial charge in [-0.1, -0.05) is 65.0 Å². The standard InChI is InChI=1S/C36H43F3N4O6/c1-21(49-22(2)45)33(46)42(17-26-28(39)18-43(34(47)48)30(26)35(3,4)5)31(36(6,7)20-44)32-40-29(25-15-24(37)13-14-27(25)38)19-41(32)16-23-11-9-8-10-12-23/h8-15,19-21,26,28,30-31H,16-18H2,1-7H3,(H,47,48)/t21-,26-,28-,30?,31-/m0/s1. The first-order chi connectivity index (χ1) is 22.8. The quantitative estimate of drug-likeness (QED) is 0.186. The van der Waals surface area contributed by atoms with Crippen molar-refractivity contribution in [1.29, 1.82) is 0 Å². The Morgan fingerprint density at radius 1 is 1.10 bits per heavy atom. The Morgan fingerprint density at radius 3 is 2.33 bits per heavy atom. The number of alkyl halides is 1. The molecule has 0 bridgehead atoms. The predicted molar refractivity (Wildman–Crippen MR) is 175 cm³/mol. The zero-order valence-electron chi connectivity index (χ0n) is 28.7. The van der Waals surface area contributed by atoms with Crippen molar-refractivity contribution >= 4 is 24.3 Å². The number of halogens is 3. The lowest BCUT2D eigenvalue weighted by Gasteiger charge is -2.43. The third-order valence-electron chi connectivity index (χ3n) is 8.86. The highest BCUT2D eigenvalue weighted by Crippen LogP contribution is 2.44. The number of rotatable bonds is 11. The van der Waals surface area contributed by atoms with Gasteiger partial charge in [0.1, 0.15) is 36.0 Å². The third-order valence-corrected chi connectivity index (χ3v) is 8.86. The summed E-state index contributed by atoms with van der Waals surface area (Å²) >= 11 is 0. The summed E-state index contributed by atoms with van der Waals surface area (Å²) < 4.78 is 52.4. The van der Waals surface area contributed by atoms with Crippen molar-refractivity contribution in [2.24, 2.45) is 16.7 Å². The lowest BCUT2D eigenvalue weighted by Crippen LogP contribution is -2.53. The Hall–Kier alpha value is -4.68. The number of amides is 2. The van der Waals surface area contributed by atoms with Crippen LogP contribution in [0.1, 0.15) is 65.9 Å². The summed E-state index contributed by atoms with van der Waals surface area (Å²) in [4.78, 5) is 58.5. The van der Waals surface area contributed by atoms with Crippen LogP contribution in [0.4, 0.5) is 18.0 Å². The highest BCUT2D eigenvalue weighted by atomic mass is 19.1. The minimum Gasteiger partial charge on any atom is -0.465 e. The molecule has 49 heavy (non-hydrogen) atoms. The van der Waals surface area contributed by atoms with E-state index in [-0.39, 0.29) is 30.2 Å². The molecule has 4 rings (SSSR count). The summed E-state index contributed by atoms with van der Waals surface area (Å²) in [6.07, 6.45) is -2.29. The van der Waals surface area contributed by atoms with E-state index in [1.807, 2.05) is 30.3 Å². The Morgan fingerprint density at radius 2 is 1.76 bits per heavy atom. The van der Waals surface area contributed by atoms with E-state index in [0.717, 1.165) is 35.6 Å². The number of carbonyl (C=O) groups is 4. The van der Waals surface area contributed by atoms with Crippen molar-refractivity contribution in [3.05, 3.63) is 77.8 Å². The summed E-state index contributed by atoms with van der Waals surface area (Å²) in [5.41, 5.74) is -1.58. The molecule has 0 saturated carbocycles. The van der Waals surface area contributed by atoms with E-state index < -0.39 is 77.3 Å². The second kappa shape index (κ2) is 14.4. The molecule has 1 aromatic heterocycles. The molecule has 1 aliphatic heterocycles. The van der Waals surface area contributed by atoms with Crippen molar-refractivity contribution in [1.82, 2.24) is 19.4 Å². The van der Waals surface area contributed by atoms with E-state index in [4.69, 9.17) is 9.72 Å². The van der Waals surface area contributed by atoms with E-state index in [9.17, 15) is 28.7 Å². The number of aldehydes is 1. The molecule has 13 heteroatoms. The SMILES string of the molecule is CC(=O)O[C@@H](C)C(=O)N(C[C@@H]1C(C(C)(C)C)N(C(=O)O)C[C@@H]1F)[C@@H](c1nc(-c2cc(F)ccc2F)cn1Cc1ccccc1)C(C)(C)C=O. The minimum absolute atomic E-state index is 0.0175. The van der Waals surface area contributed by atoms with Crippen LogP contribution in [0, 0.1) is 28.4 Å². The molecule has 1 saturated heterocycles. The molecule has 2 amide bonds. The number of nitrogens with zero attached hydrogens (tertiary/aromatic N) is 4. The summed E-state index contributed by atoms with van der Waals surface area (Å²) in [5, 5.41) is 10.0. The Balaban J connectivity index is 1.99. The van der Waals surface area contributed by atoms with Crippen LogP contribution < -0.4 is 0 Å². The number of carboxylic acid groups (broad SMARTS) is 1. The maximum absolute atomic E-state index is 16.0. The van der Waals surface area contributed by atoms with Gasteiger partial charge in [0.2, 0.25) is 0 Å². The lowest BCUT2D eigenvalue weighted by atomic mass is 9.77. The maximum Gasteiger partial charge on any atom is 0.407 e. The van der Waals surface area contributed by atoms with Crippen LogP contribution in [-0.2, 0) is 25.7 Å². The van der Waals surface area contributed by atoms with Crippen LogP contribution in [0.5, 0.6) is 0 Å². The zero-order valence-corrected chi connectivity index (χ0v) is 28.7. The fourth-order valence-corrected chi connectivity index (χ4v) is 6.79. The highest BCUT2D eigenvalue weighted by Gasteiger charge is 2.53. The van der Waals surface area contributed by atoms with Crippen LogP contribution in [0.3, 0.4) is 0 Å². The van der Waals surface area contributed by atoms with Gasteiger partial charge >= 0.3 is 12.1 Å². The lowest BCUT2D eigenvalue weighted by molar-refractivity contribution is -0.161. The Bertz CT molecular complexity index is 1690. The molecule has 3 aromatic rings. The second-order valence-corrected chi connectivity index (χ2v) is 14.2. The second-order valence-electron chi connectivity index (χ2n) is 14.2. The van der Waals surface area contributed by atoms with Crippen molar-refractivity contribution in [3.8, 4) is 11.3 Å². The fraction of sp³-hybridized carbons (Fsp3) is 0.472. The molecule has 0 aliphatic carbocycles. The number of carbonyl (C=O) groups excluding carboxylic acids is 3. The molecular weight excluding hydrogens is 641 g/mol. The van der Waals surface area contributed by atoms with E-state index in [1.165, 1.54) is 18.0 Å². The van der Waals surface area contributed by atoms with Crippen molar-refractivity contribution in [2.75, 3.05) is 13.1 Å². The molecule has 2 heterocycles. The number of aromatic nitrogens is 2. The van der Waals surface area contributed by atoms with Gasteiger partial charge in [-0.3, -0.25) is 9.59 Å². The van der Waals surface area contributed by atoms with Crippen LogP contribution in [-0.4, -0.2) is 80.1 Å². The number of ether oxygens (including phenoxy) is 1. The van der Waals surface area contributed by atoms with Crippen molar-refractivity contribution < 1.29 is 42.2 Å². The molecular formula is C36H43F3N4O6. The van der Waals surface area contributed by atoms with Gasteiger partial charge in [-0.05, 0) is 36.1 Å². The molecule has 1 unspecified atom stereocenters. The first kappa shape index (κ1) is 37.1. The van der Waals surface area contributed by atoms with Crippen LogP contribution >= 0.6 is 0 Å². The number of likely N-dealkylation sites (tertiary alicyclic amines) is 1. The minimum atomic E-state index is -1.69. The predicted octanol–water partition coefficient (Wildman–Crippen LogP) is 6.29. The summed E-state index contributed by atoms with van der Waals surface area (Å²) in [7, 11) is 0. The van der Waals surface area contributed by atoms with E-state index in [0.29, 0.717) is 6.29 Å². The van der Waals surface area contributed by atoms with Gasteiger partial charge < -0.3 is 29.0 Å². The number of benzene rings is 2. The fourth-order valence-electron chi connectivity index (χ4n) is 6.79. The molecule has 0 spiro atoms. The highest BCUT2D eigenvalue weighted by molar-refractivity contribution is 5.84. The molecule has 0 radical (unpaired) electrons. The number of imidazole rings is 1. The van der Waals surface area contributed by atoms with Gasteiger partial charge in [-0.2, -0.15) is 0 Å². The largest absolute Gasteiger partial charge is 0.465 e. The van der Waals surface area contributed by atoms with Gasteiger partial charge in [0, 0.05) is 49.1 Å². The van der Waals surface area contributed by atoms with Crippen molar-refractivity contribution in [3.63, 3.8) is 0 Å². The van der Waals surface area contributed by atoms with E-state index in [2.05, 4.69) is 0 Å². The van der Waals surface area contributed by atoms with Crippen LogP contribution in [0.15, 0.2) is 54.7 Å². The number of esters is 1. The average molecular weight is 685 g/mol. The average Bonchev–Trinajstić information content (AvgIpc) is 3.58. The first-order valence-corrected chi connectivity index (χ1v) is 16.0. The summed E-state index contributed by atoms with van der Waals surface area (Å²) in [5.74, 6) is -3.97. The summed E-state index contributed by atoms with van der Waals surface area (Å²) in [6, 6.07) is 9.86. The Labute approximate surface area is 283 Å². The molecule has 10 nitrogen and oxygen atoms in total. The smallest absolute Gasteiger partial charge is 0.407 e. The topological polar surface area (TPSA) is 122 Å². The van der Waals surface area contributed by atoms with Gasteiger partial charge in [0.05, 0.1) is 12.2 Å². The zero-order chi connectivity index (χ0) is 36.4. The molecule has 1 N–H and O–H groups in total. The maximum atomic E-state index is 16.0. The molecule has 2 aromatic carbocycles. The molecule has 264 valence electrons. The molecule has 5 atom stereocenters. The van der Waals surface area contributed by atoms with Gasteiger partial charge in [-0.25, -0.2) is 22.9 Å². The van der Waals surface area contributed by atoms with Crippen molar-refractivity contribution in [2.45, 2.75) is 79.4 Å².